The van der Waals surface area contributed by atoms with Crippen molar-refractivity contribution in [3.8, 4) is 11.8 Å². The summed E-state index contributed by atoms with van der Waals surface area (Å²) in [5.41, 5.74) is -0.0935. The van der Waals surface area contributed by atoms with Crippen LogP contribution in [-0.4, -0.2) is 38.5 Å². The van der Waals surface area contributed by atoms with E-state index in [9.17, 15) is 0 Å². The van der Waals surface area contributed by atoms with Gasteiger partial charge in [-0.3, -0.25) is 0 Å². The Morgan fingerprint density at radius 2 is 1.76 bits per heavy atom. The van der Waals surface area contributed by atoms with Crippen LogP contribution >= 0.6 is 0 Å². The van der Waals surface area contributed by atoms with E-state index in [4.69, 9.17) is 18.9 Å². The summed E-state index contributed by atoms with van der Waals surface area (Å²) in [6.07, 6.45) is 2.57. The number of methoxy groups -OCH3 is 2. The monoisotopic (exact) mass is 296 g/mol. The zero-order chi connectivity index (χ0) is 15.7. The van der Waals surface area contributed by atoms with Gasteiger partial charge in [0, 0.05) is 38.4 Å². The van der Waals surface area contributed by atoms with Gasteiger partial charge < -0.3 is 18.9 Å². The molecule has 0 radical (unpaired) electrons. The molecule has 0 aromatic carbocycles. The van der Waals surface area contributed by atoms with E-state index in [1.54, 1.807) is 14.2 Å². The molecule has 0 spiro atoms. The standard InChI is InChI=1S/C17H28O4/c1-7-8-16(4)9-10-17(18-5,19-6)11-13(16)14-12-20-15(2,3)21-14/h13-14H,9-12H2,1-6H3/t13-,14+,16+/m0/s1. The van der Waals surface area contributed by atoms with Gasteiger partial charge in [0.1, 0.15) is 0 Å². The molecule has 2 aliphatic rings. The van der Waals surface area contributed by atoms with Crippen LogP contribution < -0.4 is 0 Å². The molecule has 21 heavy (non-hydrogen) atoms. The fourth-order valence-corrected chi connectivity index (χ4v) is 3.65. The lowest BCUT2D eigenvalue weighted by atomic mass is 9.64. The highest BCUT2D eigenvalue weighted by molar-refractivity contribution is 5.15. The zero-order valence-corrected chi connectivity index (χ0v) is 14.1. The highest BCUT2D eigenvalue weighted by Crippen LogP contribution is 2.50. The maximum atomic E-state index is 6.11. The molecule has 1 aliphatic carbocycles. The van der Waals surface area contributed by atoms with Crippen LogP contribution in [0.1, 0.15) is 47.0 Å². The smallest absolute Gasteiger partial charge is 0.167 e. The summed E-state index contributed by atoms with van der Waals surface area (Å²) in [6.45, 7) is 8.63. The highest BCUT2D eigenvalue weighted by atomic mass is 16.7. The molecule has 120 valence electrons. The number of ether oxygens (including phenoxy) is 4. The third kappa shape index (κ3) is 3.27. The SMILES string of the molecule is CC#C[C@]1(C)CCC(OC)(OC)C[C@H]1[C@H]1COC(C)(C)O1. The summed E-state index contributed by atoms with van der Waals surface area (Å²) in [6, 6.07) is 0. The Kier molecular flexibility index (Phi) is 4.70. The third-order valence-corrected chi connectivity index (χ3v) is 5.01. The van der Waals surface area contributed by atoms with Crippen molar-refractivity contribution >= 4 is 0 Å². The minimum absolute atomic E-state index is 0.0239. The first kappa shape index (κ1) is 16.8. The number of hydrogen-bond acceptors (Lipinski definition) is 4. The largest absolute Gasteiger partial charge is 0.353 e. The molecule has 0 aromatic heterocycles. The third-order valence-electron chi connectivity index (χ3n) is 5.01. The zero-order valence-electron chi connectivity index (χ0n) is 14.1. The Bertz CT molecular complexity index is 430. The van der Waals surface area contributed by atoms with Gasteiger partial charge >= 0.3 is 0 Å². The topological polar surface area (TPSA) is 36.9 Å². The molecule has 4 heteroatoms. The fourth-order valence-electron chi connectivity index (χ4n) is 3.65. The molecule has 0 amide bonds. The predicted octanol–water partition coefficient (Wildman–Crippen LogP) is 2.96. The molecule has 0 bridgehead atoms. The van der Waals surface area contributed by atoms with Gasteiger partial charge in [-0.1, -0.05) is 5.92 Å². The van der Waals surface area contributed by atoms with Crippen molar-refractivity contribution in [2.45, 2.75) is 64.6 Å². The number of hydrogen-bond donors (Lipinski definition) is 0. The molecule has 4 nitrogen and oxygen atoms in total. The van der Waals surface area contributed by atoms with Gasteiger partial charge in [-0.05, 0) is 34.1 Å². The molecule has 2 fully saturated rings. The Morgan fingerprint density at radius 1 is 1.10 bits per heavy atom. The Labute approximate surface area is 128 Å². The molecule has 1 heterocycles. The quantitative estimate of drug-likeness (QED) is 0.593. The van der Waals surface area contributed by atoms with Crippen LogP contribution in [0.5, 0.6) is 0 Å². The predicted molar refractivity (Wildman–Crippen MR) is 80.6 cm³/mol. The molecule has 0 unspecified atom stereocenters. The molecule has 2 rings (SSSR count). The van der Waals surface area contributed by atoms with E-state index in [0.29, 0.717) is 6.61 Å². The lowest BCUT2D eigenvalue weighted by Gasteiger charge is -2.48. The summed E-state index contributed by atoms with van der Waals surface area (Å²) < 4.78 is 23.2. The normalized spacial score (nSPS) is 37.8. The highest BCUT2D eigenvalue weighted by Gasteiger charge is 2.52. The molecular weight excluding hydrogens is 268 g/mol. The first-order valence-electron chi connectivity index (χ1n) is 7.66. The maximum absolute atomic E-state index is 6.11. The second kappa shape index (κ2) is 5.89. The van der Waals surface area contributed by atoms with Gasteiger partial charge in [-0.15, -0.1) is 5.92 Å². The van der Waals surface area contributed by atoms with Crippen molar-refractivity contribution in [1.29, 1.82) is 0 Å². The second-order valence-electron chi connectivity index (χ2n) is 6.79. The van der Waals surface area contributed by atoms with Crippen LogP contribution in [-0.2, 0) is 18.9 Å². The van der Waals surface area contributed by atoms with Gasteiger partial charge in [0.2, 0.25) is 0 Å². The average Bonchev–Trinajstić information content (AvgIpc) is 2.80. The first-order valence-corrected chi connectivity index (χ1v) is 7.66. The maximum Gasteiger partial charge on any atom is 0.167 e. The molecule has 1 saturated carbocycles. The van der Waals surface area contributed by atoms with E-state index in [0.717, 1.165) is 19.3 Å². The first-order chi connectivity index (χ1) is 9.80. The van der Waals surface area contributed by atoms with E-state index in [1.807, 2.05) is 20.8 Å². The van der Waals surface area contributed by atoms with E-state index in [2.05, 4.69) is 18.8 Å². The van der Waals surface area contributed by atoms with Gasteiger partial charge in [0.15, 0.2) is 11.6 Å². The average molecular weight is 296 g/mol. The molecule has 1 saturated heterocycles. The van der Waals surface area contributed by atoms with E-state index in [-0.39, 0.29) is 17.4 Å². The van der Waals surface area contributed by atoms with Crippen molar-refractivity contribution in [3.05, 3.63) is 0 Å². The van der Waals surface area contributed by atoms with Crippen LogP contribution in [0.25, 0.3) is 0 Å². The summed E-state index contributed by atoms with van der Waals surface area (Å²) in [4.78, 5) is 0. The summed E-state index contributed by atoms with van der Waals surface area (Å²) in [5, 5.41) is 0. The summed E-state index contributed by atoms with van der Waals surface area (Å²) in [7, 11) is 3.43. The number of rotatable bonds is 3. The summed E-state index contributed by atoms with van der Waals surface area (Å²) in [5.74, 6) is 5.66. The minimum atomic E-state index is -0.532. The molecular formula is C17H28O4. The van der Waals surface area contributed by atoms with Crippen LogP contribution in [0.15, 0.2) is 0 Å². The summed E-state index contributed by atoms with van der Waals surface area (Å²) >= 11 is 0. The van der Waals surface area contributed by atoms with Crippen molar-refractivity contribution in [3.63, 3.8) is 0 Å². The fraction of sp³-hybridized carbons (Fsp3) is 0.882. The Balaban J connectivity index is 2.27. The van der Waals surface area contributed by atoms with E-state index < -0.39 is 11.6 Å². The minimum Gasteiger partial charge on any atom is -0.353 e. The lowest BCUT2D eigenvalue weighted by molar-refractivity contribution is -0.252. The Morgan fingerprint density at radius 3 is 2.24 bits per heavy atom. The van der Waals surface area contributed by atoms with Gasteiger partial charge in [0.25, 0.3) is 0 Å². The van der Waals surface area contributed by atoms with Crippen LogP contribution in [0, 0.1) is 23.2 Å². The van der Waals surface area contributed by atoms with Crippen LogP contribution in [0.2, 0.25) is 0 Å². The van der Waals surface area contributed by atoms with Crippen LogP contribution in [0.4, 0.5) is 0 Å². The second-order valence-corrected chi connectivity index (χ2v) is 6.79. The Hall–Kier alpha value is -0.600. The van der Waals surface area contributed by atoms with E-state index >= 15 is 0 Å². The van der Waals surface area contributed by atoms with Crippen molar-refractivity contribution < 1.29 is 18.9 Å². The van der Waals surface area contributed by atoms with Crippen molar-refractivity contribution in [2.24, 2.45) is 11.3 Å². The molecule has 0 N–H and O–H groups in total. The van der Waals surface area contributed by atoms with Crippen LogP contribution in [0.3, 0.4) is 0 Å². The molecule has 0 aromatic rings. The van der Waals surface area contributed by atoms with E-state index in [1.165, 1.54) is 0 Å². The van der Waals surface area contributed by atoms with Crippen molar-refractivity contribution in [1.82, 2.24) is 0 Å². The molecule has 3 atom stereocenters. The van der Waals surface area contributed by atoms with Crippen molar-refractivity contribution in [2.75, 3.05) is 20.8 Å². The lowest BCUT2D eigenvalue weighted by Crippen LogP contribution is -2.50. The van der Waals surface area contributed by atoms with Gasteiger partial charge in [0.05, 0.1) is 12.7 Å². The van der Waals surface area contributed by atoms with Gasteiger partial charge in [-0.25, -0.2) is 0 Å². The molecule has 1 aliphatic heterocycles. The van der Waals surface area contributed by atoms with Gasteiger partial charge in [-0.2, -0.15) is 0 Å².